The van der Waals surface area contributed by atoms with E-state index in [0.717, 1.165) is 17.1 Å². The molecule has 7 nitrogen and oxygen atoms in total. The minimum atomic E-state index is -0.225. The summed E-state index contributed by atoms with van der Waals surface area (Å²) in [6.45, 7) is 6.42. The van der Waals surface area contributed by atoms with Crippen LogP contribution in [0.5, 0.6) is 0 Å². The molecular formula is C26H26ClN5O2. The molecular weight excluding hydrogens is 450 g/mol. The summed E-state index contributed by atoms with van der Waals surface area (Å²) >= 11 is 5.92. The van der Waals surface area contributed by atoms with Crippen molar-refractivity contribution in [3.8, 4) is 11.3 Å². The van der Waals surface area contributed by atoms with Crippen LogP contribution in [-0.2, 0) is 4.79 Å². The number of halogens is 1. The first-order chi connectivity index (χ1) is 16.5. The van der Waals surface area contributed by atoms with Gasteiger partial charge in [-0.3, -0.25) is 9.59 Å². The quantitative estimate of drug-likeness (QED) is 0.486. The maximum atomic E-state index is 12.9. The third-order valence-electron chi connectivity index (χ3n) is 5.73. The van der Waals surface area contributed by atoms with E-state index in [0.29, 0.717) is 36.8 Å². The first-order valence-corrected chi connectivity index (χ1v) is 11.5. The molecule has 1 aliphatic heterocycles. The smallest absolute Gasteiger partial charge is 0.254 e. The van der Waals surface area contributed by atoms with E-state index in [1.54, 1.807) is 35.2 Å². The van der Waals surface area contributed by atoms with E-state index in [1.807, 2.05) is 42.5 Å². The number of hydrogen-bond donors (Lipinski definition) is 0. The van der Waals surface area contributed by atoms with Crippen molar-refractivity contribution >= 4 is 29.2 Å². The second-order valence-electron chi connectivity index (χ2n) is 7.99. The molecule has 0 unspecified atom stereocenters. The van der Waals surface area contributed by atoms with Crippen LogP contribution in [0.15, 0.2) is 79.4 Å². The molecule has 4 rings (SSSR count). The van der Waals surface area contributed by atoms with Gasteiger partial charge in [0.25, 0.3) is 5.91 Å². The van der Waals surface area contributed by atoms with Crippen molar-refractivity contribution in [3.63, 3.8) is 0 Å². The van der Waals surface area contributed by atoms with Crippen molar-refractivity contribution in [3.05, 3.63) is 90.0 Å². The van der Waals surface area contributed by atoms with E-state index in [1.165, 1.54) is 4.90 Å². The molecule has 0 N–H and O–H groups in total. The molecule has 34 heavy (non-hydrogen) atoms. The van der Waals surface area contributed by atoms with Gasteiger partial charge in [-0.15, -0.1) is 16.8 Å². The van der Waals surface area contributed by atoms with E-state index >= 15 is 0 Å². The number of carbonyl (C=O) groups excluding carboxylic acids is 2. The summed E-state index contributed by atoms with van der Waals surface area (Å²) in [6, 6.07) is 20.5. The molecule has 1 aliphatic rings. The lowest BCUT2D eigenvalue weighted by Crippen LogP contribution is -2.52. The number of piperazine rings is 1. The van der Waals surface area contributed by atoms with Crippen LogP contribution in [0.3, 0.4) is 0 Å². The molecule has 3 aromatic rings. The monoisotopic (exact) mass is 475 g/mol. The lowest BCUT2D eigenvalue weighted by atomic mass is 10.1. The maximum Gasteiger partial charge on any atom is 0.254 e. The van der Waals surface area contributed by atoms with E-state index in [2.05, 4.69) is 21.7 Å². The van der Waals surface area contributed by atoms with Crippen LogP contribution < -0.4 is 4.90 Å². The van der Waals surface area contributed by atoms with Crippen molar-refractivity contribution < 1.29 is 9.59 Å². The fourth-order valence-electron chi connectivity index (χ4n) is 3.86. The zero-order valence-electron chi connectivity index (χ0n) is 18.8. The highest BCUT2D eigenvalue weighted by molar-refractivity contribution is 6.30. The standard InChI is InChI=1S/C26H26ClN5O2/c1-2-14-32(26(34)21-8-10-22(27)11-9-21)19-25(33)31-17-15-30(16-18-31)24-13-12-23(28-29-24)20-6-4-3-5-7-20/h2-13H,1,14-19H2. The zero-order valence-corrected chi connectivity index (χ0v) is 19.6. The predicted octanol–water partition coefficient (Wildman–Crippen LogP) is 3.77. The molecule has 2 amide bonds. The Hall–Kier alpha value is -3.71. The number of carbonyl (C=O) groups is 2. The number of aromatic nitrogens is 2. The van der Waals surface area contributed by atoms with Gasteiger partial charge < -0.3 is 14.7 Å². The molecule has 0 atom stereocenters. The van der Waals surface area contributed by atoms with E-state index in [9.17, 15) is 9.59 Å². The topological polar surface area (TPSA) is 69.6 Å². The number of rotatable bonds is 7. The molecule has 2 heterocycles. The second-order valence-corrected chi connectivity index (χ2v) is 8.43. The Morgan fingerprint density at radius 1 is 0.941 bits per heavy atom. The Bertz CT molecular complexity index is 1130. The summed E-state index contributed by atoms with van der Waals surface area (Å²) in [7, 11) is 0. The van der Waals surface area contributed by atoms with Crippen LogP contribution in [0.2, 0.25) is 5.02 Å². The van der Waals surface area contributed by atoms with Crippen molar-refractivity contribution in [1.29, 1.82) is 0 Å². The van der Waals surface area contributed by atoms with Crippen LogP contribution in [0.1, 0.15) is 10.4 Å². The molecule has 0 spiro atoms. The lowest BCUT2D eigenvalue weighted by molar-refractivity contribution is -0.132. The summed E-state index contributed by atoms with van der Waals surface area (Å²) in [4.78, 5) is 31.2. The summed E-state index contributed by atoms with van der Waals surface area (Å²) in [5.74, 6) is 0.477. The summed E-state index contributed by atoms with van der Waals surface area (Å²) in [5.41, 5.74) is 2.33. The second kappa shape index (κ2) is 10.9. The molecule has 1 aromatic heterocycles. The van der Waals surface area contributed by atoms with Gasteiger partial charge in [0.05, 0.1) is 5.69 Å². The van der Waals surface area contributed by atoms with Crippen molar-refractivity contribution in [1.82, 2.24) is 20.0 Å². The fourth-order valence-corrected chi connectivity index (χ4v) is 3.98. The van der Waals surface area contributed by atoms with Crippen molar-refractivity contribution in [2.45, 2.75) is 0 Å². The predicted molar refractivity (Wildman–Crippen MR) is 134 cm³/mol. The highest BCUT2D eigenvalue weighted by Crippen LogP contribution is 2.19. The van der Waals surface area contributed by atoms with E-state index < -0.39 is 0 Å². The Morgan fingerprint density at radius 2 is 1.65 bits per heavy atom. The molecule has 1 saturated heterocycles. The van der Waals surface area contributed by atoms with Crippen LogP contribution in [0.25, 0.3) is 11.3 Å². The molecule has 1 fully saturated rings. The van der Waals surface area contributed by atoms with Gasteiger partial charge in [0.1, 0.15) is 6.54 Å². The van der Waals surface area contributed by atoms with Crippen molar-refractivity contribution in [2.75, 3.05) is 44.2 Å². The average molecular weight is 476 g/mol. The van der Waals surface area contributed by atoms with Gasteiger partial charge in [-0.05, 0) is 36.4 Å². The Kier molecular flexibility index (Phi) is 7.54. The molecule has 8 heteroatoms. The van der Waals surface area contributed by atoms with Gasteiger partial charge in [0.15, 0.2) is 5.82 Å². The van der Waals surface area contributed by atoms with Gasteiger partial charge >= 0.3 is 0 Å². The van der Waals surface area contributed by atoms with E-state index in [4.69, 9.17) is 11.6 Å². The lowest BCUT2D eigenvalue weighted by Gasteiger charge is -2.36. The summed E-state index contributed by atoms with van der Waals surface area (Å²) < 4.78 is 0. The molecule has 0 aliphatic carbocycles. The number of hydrogen-bond acceptors (Lipinski definition) is 5. The molecule has 2 aromatic carbocycles. The van der Waals surface area contributed by atoms with Gasteiger partial charge in [0, 0.05) is 48.9 Å². The first-order valence-electron chi connectivity index (χ1n) is 11.1. The third kappa shape index (κ3) is 5.61. The summed E-state index contributed by atoms with van der Waals surface area (Å²) in [5, 5.41) is 9.30. The zero-order chi connectivity index (χ0) is 23.9. The Balaban J connectivity index is 1.33. The fraction of sp³-hybridized carbons (Fsp3) is 0.231. The average Bonchev–Trinajstić information content (AvgIpc) is 2.89. The van der Waals surface area contributed by atoms with Crippen LogP contribution >= 0.6 is 11.6 Å². The third-order valence-corrected chi connectivity index (χ3v) is 5.98. The highest BCUT2D eigenvalue weighted by Gasteiger charge is 2.25. The van der Waals surface area contributed by atoms with Crippen LogP contribution in [-0.4, -0.2) is 71.1 Å². The van der Waals surface area contributed by atoms with E-state index in [-0.39, 0.29) is 24.9 Å². The molecule has 0 bridgehead atoms. The number of benzene rings is 2. The molecule has 174 valence electrons. The minimum Gasteiger partial charge on any atom is -0.352 e. The van der Waals surface area contributed by atoms with Gasteiger partial charge in [-0.2, -0.15) is 0 Å². The van der Waals surface area contributed by atoms with Crippen molar-refractivity contribution in [2.24, 2.45) is 0 Å². The van der Waals surface area contributed by atoms with Gasteiger partial charge in [-0.1, -0.05) is 48.0 Å². The highest BCUT2D eigenvalue weighted by atomic mass is 35.5. The Morgan fingerprint density at radius 3 is 2.26 bits per heavy atom. The Labute approximate surface area is 204 Å². The van der Waals surface area contributed by atoms with Crippen LogP contribution in [0.4, 0.5) is 5.82 Å². The summed E-state index contributed by atoms with van der Waals surface area (Å²) in [6.07, 6.45) is 1.62. The SMILES string of the molecule is C=CCN(CC(=O)N1CCN(c2ccc(-c3ccccc3)nn2)CC1)C(=O)c1ccc(Cl)cc1. The van der Waals surface area contributed by atoms with Gasteiger partial charge in [-0.25, -0.2) is 0 Å². The van der Waals surface area contributed by atoms with Crippen LogP contribution in [0, 0.1) is 0 Å². The first kappa shape index (κ1) is 23.4. The molecule has 0 radical (unpaired) electrons. The maximum absolute atomic E-state index is 12.9. The number of nitrogens with zero attached hydrogens (tertiary/aromatic N) is 5. The molecule has 0 saturated carbocycles. The largest absolute Gasteiger partial charge is 0.352 e. The normalized spacial score (nSPS) is 13.4. The number of amides is 2. The van der Waals surface area contributed by atoms with Gasteiger partial charge in [0.2, 0.25) is 5.91 Å². The minimum absolute atomic E-state index is 0.000935. The number of anilines is 1.